The molecule has 2 nitrogen and oxygen atoms in total. The van der Waals surface area contributed by atoms with E-state index in [0.29, 0.717) is 0 Å². The van der Waals surface area contributed by atoms with Crippen molar-refractivity contribution in [2.45, 2.75) is 26.2 Å². The first-order chi connectivity index (χ1) is 6.43. The van der Waals surface area contributed by atoms with Crippen LogP contribution in [-0.4, -0.2) is 26.3 Å². The summed E-state index contributed by atoms with van der Waals surface area (Å²) >= 11 is 0. The van der Waals surface area contributed by atoms with Crippen molar-refractivity contribution in [1.29, 1.82) is 0 Å². The minimum absolute atomic E-state index is 0.827. The van der Waals surface area contributed by atoms with Crippen molar-refractivity contribution >= 4 is 0 Å². The number of ether oxygens (including phenoxy) is 1. The van der Waals surface area contributed by atoms with Gasteiger partial charge in [-0.15, -0.1) is 0 Å². The van der Waals surface area contributed by atoms with Gasteiger partial charge in [0, 0.05) is 13.2 Å². The molecule has 0 aromatic heterocycles. The smallest absolute Gasteiger partial charge is 0.0590 e. The average Bonchev–Trinajstić information content (AvgIpc) is 2.19. The lowest BCUT2D eigenvalue weighted by atomic mass is 9.94. The highest BCUT2D eigenvalue weighted by molar-refractivity contribution is 4.90. The third kappa shape index (κ3) is 5.06. The zero-order valence-electron chi connectivity index (χ0n) is 8.59. The minimum atomic E-state index is 0.827. The van der Waals surface area contributed by atoms with Crippen LogP contribution in [0.5, 0.6) is 0 Å². The highest BCUT2D eigenvalue weighted by atomic mass is 16.5. The molecule has 0 fully saturated rings. The van der Waals surface area contributed by atoms with Crippen LogP contribution >= 0.6 is 0 Å². The van der Waals surface area contributed by atoms with Crippen LogP contribution in [0.25, 0.3) is 0 Å². The molecule has 0 aliphatic heterocycles. The Hall–Kier alpha value is -0.340. The molecular weight excluding hydrogens is 162 g/mol. The molecule has 0 unspecified atom stereocenters. The molecule has 1 atom stereocenters. The lowest BCUT2D eigenvalue weighted by Gasteiger charge is -2.17. The van der Waals surface area contributed by atoms with Crippen molar-refractivity contribution in [2.75, 3.05) is 26.3 Å². The Kier molecular flexibility index (Phi) is 5.87. The first-order valence-electron chi connectivity index (χ1n) is 5.37. The molecule has 0 amide bonds. The number of allylic oxidation sites excluding steroid dienone is 2. The molecule has 1 rings (SSSR count). The molecule has 0 spiro atoms. The fourth-order valence-electron chi connectivity index (χ4n) is 1.64. The van der Waals surface area contributed by atoms with E-state index >= 15 is 0 Å². The van der Waals surface area contributed by atoms with Gasteiger partial charge < -0.3 is 10.1 Å². The average molecular weight is 183 g/mol. The number of hydrogen-bond donors (Lipinski definition) is 1. The molecule has 0 bridgehead atoms. The molecule has 0 radical (unpaired) electrons. The molecule has 76 valence electrons. The summed E-state index contributed by atoms with van der Waals surface area (Å²) < 4.78 is 5.25. The molecule has 2 heteroatoms. The molecule has 1 N–H and O–H groups in total. The minimum Gasteiger partial charge on any atom is -0.380 e. The Morgan fingerprint density at radius 1 is 1.46 bits per heavy atom. The van der Waals surface area contributed by atoms with Crippen LogP contribution in [0.3, 0.4) is 0 Å². The Morgan fingerprint density at radius 2 is 2.38 bits per heavy atom. The largest absolute Gasteiger partial charge is 0.380 e. The van der Waals surface area contributed by atoms with Crippen LogP contribution in [0.1, 0.15) is 26.2 Å². The van der Waals surface area contributed by atoms with Crippen LogP contribution in [0, 0.1) is 5.92 Å². The molecule has 1 aliphatic rings. The molecule has 0 heterocycles. The molecule has 0 aromatic carbocycles. The molecule has 1 aliphatic carbocycles. The molecular formula is C11H21NO. The first kappa shape index (κ1) is 10.7. The summed E-state index contributed by atoms with van der Waals surface area (Å²) in [4.78, 5) is 0. The Morgan fingerprint density at radius 3 is 3.08 bits per heavy atom. The van der Waals surface area contributed by atoms with Gasteiger partial charge in [-0.25, -0.2) is 0 Å². The van der Waals surface area contributed by atoms with Crippen LogP contribution in [0.2, 0.25) is 0 Å². The van der Waals surface area contributed by atoms with Crippen LogP contribution in [0.15, 0.2) is 12.2 Å². The molecule has 13 heavy (non-hydrogen) atoms. The van der Waals surface area contributed by atoms with Gasteiger partial charge in [0.05, 0.1) is 6.61 Å². The van der Waals surface area contributed by atoms with E-state index in [4.69, 9.17) is 4.74 Å². The zero-order chi connectivity index (χ0) is 9.36. The highest BCUT2D eigenvalue weighted by Crippen LogP contribution is 2.16. The number of nitrogens with one attached hydrogen (secondary N) is 1. The van der Waals surface area contributed by atoms with Crippen molar-refractivity contribution in [3.63, 3.8) is 0 Å². The normalized spacial score (nSPS) is 22.1. The summed E-state index contributed by atoms with van der Waals surface area (Å²) in [6.45, 7) is 5.85. The van der Waals surface area contributed by atoms with Gasteiger partial charge in [0.1, 0.15) is 0 Å². The van der Waals surface area contributed by atoms with E-state index in [1.54, 1.807) is 0 Å². The predicted octanol–water partition coefficient (Wildman–Crippen LogP) is 1.97. The van der Waals surface area contributed by atoms with E-state index in [-0.39, 0.29) is 0 Å². The second kappa shape index (κ2) is 7.10. The lowest BCUT2D eigenvalue weighted by Crippen LogP contribution is -2.26. The Bertz CT molecular complexity index is 145. The standard InChI is InChI=1S/C11H21NO/c1-2-13-9-8-12-10-11-6-4-3-5-7-11/h3-4,11-12H,2,5-10H2,1H3/t11-/m0/s1. The summed E-state index contributed by atoms with van der Waals surface area (Å²) in [5.74, 6) is 0.853. The van der Waals surface area contributed by atoms with E-state index in [0.717, 1.165) is 32.2 Å². The van der Waals surface area contributed by atoms with Gasteiger partial charge in [-0.05, 0) is 38.6 Å². The van der Waals surface area contributed by atoms with Crippen LogP contribution in [-0.2, 0) is 4.74 Å². The second-order valence-electron chi connectivity index (χ2n) is 3.55. The molecule has 0 saturated carbocycles. The fourth-order valence-corrected chi connectivity index (χ4v) is 1.64. The maximum absolute atomic E-state index is 5.25. The van der Waals surface area contributed by atoms with E-state index in [1.807, 2.05) is 6.92 Å². The van der Waals surface area contributed by atoms with Gasteiger partial charge in [0.15, 0.2) is 0 Å². The summed E-state index contributed by atoms with van der Waals surface area (Å²) in [7, 11) is 0. The van der Waals surface area contributed by atoms with Crippen molar-refractivity contribution < 1.29 is 4.74 Å². The van der Waals surface area contributed by atoms with Gasteiger partial charge in [0.25, 0.3) is 0 Å². The van der Waals surface area contributed by atoms with Crippen molar-refractivity contribution in [3.8, 4) is 0 Å². The van der Waals surface area contributed by atoms with E-state index in [9.17, 15) is 0 Å². The number of rotatable bonds is 6. The predicted molar refractivity (Wildman–Crippen MR) is 55.8 cm³/mol. The molecule has 0 saturated heterocycles. The summed E-state index contributed by atoms with van der Waals surface area (Å²) in [5, 5.41) is 3.43. The van der Waals surface area contributed by atoms with Crippen LogP contribution < -0.4 is 5.32 Å². The van der Waals surface area contributed by atoms with Gasteiger partial charge >= 0.3 is 0 Å². The first-order valence-corrected chi connectivity index (χ1v) is 5.37. The van der Waals surface area contributed by atoms with Gasteiger partial charge in [-0.1, -0.05) is 12.2 Å². The summed E-state index contributed by atoms with van der Waals surface area (Å²) in [6.07, 6.45) is 8.45. The van der Waals surface area contributed by atoms with Crippen LogP contribution in [0.4, 0.5) is 0 Å². The molecule has 0 aromatic rings. The maximum atomic E-state index is 5.25. The topological polar surface area (TPSA) is 21.3 Å². The summed E-state index contributed by atoms with van der Waals surface area (Å²) in [5.41, 5.74) is 0. The SMILES string of the molecule is CCOCCNC[C@H]1CC=CCC1. The quantitative estimate of drug-likeness (QED) is 0.502. The van der Waals surface area contributed by atoms with Gasteiger partial charge in [-0.3, -0.25) is 0 Å². The monoisotopic (exact) mass is 183 g/mol. The maximum Gasteiger partial charge on any atom is 0.0590 e. The van der Waals surface area contributed by atoms with Crippen molar-refractivity contribution in [3.05, 3.63) is 12.2 Å². The third-order valence-corrected chi connectivity index (χ3v) is 2.44. The Labute approximate surface area is 81.4 Å². The van der Waals surface area contributed by atoms with E-state index < -0.39 is 0 Å². The highest BCUT2D eigenvalue weighted by Gasteiger charge is 2.08. The van der Waals surface area contributed by atoms with E-state index in [1.165, 1.54) is 19.3 Å². The van der Waals surface area contributed by atoms with E-state index in [2.05, 4.69) is 17.5 Å². The second-order valence-corrected chi connectivity index (χ2v) is 3.55. The lowest BCUT2D eigenvalue weighted by molar-refractivity contribution is 0.148. The zero-order valence-corrected chi connectivity index (χ0v) is 8.59. The van der Waals surface area contributed by atoms with Gasteiger partial charge in [0.2, 0.25) is 0 Å². The number of hydrogen-bond acceptors (Lipinski definition) is 2. The fraction of sp³-hybridized carbons (Fsp3) is 0.818. The van der Waals surface area contributed by atoms with Crippen molar-refractivity contribution in [2.24, 2.45) is 5.92 Å². The summed E-state index contributed by atoms with van der Waals surface area (Å²) in [6, 6.07) is 0. The Balaban J connectivity index is 1.90. The third-order valence-electron chi connectivity index (χ3n) is 2.44. The van der Waals surface area contributed by atoms with Crippen molar-refractivity contribution in [1.82, 2.24) is 5.32 Å². The van der Waals surface area contributed by atoms with Gasteiger partial charge in [-0.2, -0.15) is 0 Å².